The van der Waals surface area contributed by atoms with E-state index in [2.05, 4.69) is 4.98 Å². The average molecular weight is 253 g/mol. The van der Waals surface area contributed by atoms with Crippen molar-refractivity contribution in [2.45, 2.75) is 6.42 Å². The summed E-state index contributed by atoms with van der Waals surface area (Å²) in [4.78, 5) is 4.15. The Morgan fingerprint density at radius 2 is 2.12 bits per heavy atom. The van der Waals surface area contributed by atoms with Gasteiger partial charge in [0.2, 0.25) is 5.89 Å². The topological polar surface area (TPSA) is 49.8 Å². The van der Waals surface area contributed by atoms with Gasteiger partial charge in [0.05, 0.1) is 28.2 Å². The molecule has 1 aromatic carbocycles. The number of oxazole rings is 1. The maximum Gasteiger partial charge on any atom is 0.226 e. The van der Waals surface area contributed by atoms with Crippen LogP contribution in [-0.2, 0) is 6.42 Å². The zero-order valence-corrected chi connectivity index (χ0v) is 9.59. The van der Waals surface area contributed by atoms with Crippen LogP contribution in [0.25, 0.3) is 11.5 Å². The molecule has 0 aliphatic heterocycles. The second-order valence-corrected chi connectivity index (χ2v) is 3.92. The molecule has 3 nitrogen and oxygen atoms in total. The molecule has 0 atom stereocenters. The van der Waals surface area contributed by atoms with Crippen LogP contribution in [0.2, 0.25) is 10.0 Å². The van der Waals surface area contributed by atoms with E-state index in [4.69, 9.17) is 32.9 Å². The van der Waals surface area contributed by atoms with Crippen LogP contribution in [0, 0.1) is 11.3 Å². The Kier molecular flexibility index (Phi) is 3.14. The molecule has 0 aliphatic carbocycles. The quantitative estimate of drug-likeness (QED) is 0.819. The zero-order chi connectivity index (χ0) is 11.5. The molecule has 2 rings (SSSR count). The van der Waals surface area contributed by atoms with Crippen LogP contribution < -0.4 is 0 Å². The first-order valence-electron chi connectivity index (χ1n) is 4.47. The van der Waals surface area contributed by atoms with Gasteiger partial charge in [-0.1, -0.05) is 23.2 Å². The van der Waals surface area contributed by atoms with Gasteiger partial charge in [-0.2, -0.15) is 5.26 Å². The first-order valence-corrected chi connectivity index (χ1v) is 5.23. The first-order chi connectivity index (χ1) is 7.70. The first kappa shape index (κ1) is 11.0. The van der Waals surface area contributed by atoms with Gasteiger partial charge in [-0.05, 0) is 18.2 Å². The fourth-order valence-electron chi connectivity index (χ4n) is 1.23. The highest BCUT2D eigenvalue weighted by Crippen LogP contribution is 2.28. The van der Waals surface area contributed by atoms with Crippen molar-refractivity contribution in [3.05, 3.63) is 40.2 Å². The third kappa shape index (κ3) is 2.19. The summed E-state index contributed by atoms with van der Waals surface area (Å²) in [6, 6.07) is 7.11. The Balaban J connectivity index is 2.36. The molecule has 16 heavy (non-hydrogen) atoms. The molecule has 1 heterocycles. The van der Waals surface area contributed by atoms with Crippen LogP contribution in [0.15, 0.2) is 28.9 Å². The lowest BCUT2D eigenvalue weighted by molar-refractivity contribution is 0.573. The van der Waals surface area contributed by atoms with Crippen molar-refractivity contribution in [3.63, 3.8) is 0 Å². The minimum Gasteiger partial charge on any atom is -0.444 e. The molecule has 0 bridgehead atoms. The molecule has 80 valence electrons. The van der Waals surface area contributed by atoms with E-state index < -0.39 is 0 Å². The highest BCUT2D eigenvalue weighted by Gasteiger charge is 2.08. The zero-order valence-electron chi connectivity index (χ0n) is 8.08. The highest BCUT2D eigenvalue weighted by atomic mass is 35.5. The Morgan fingerprint density at radius 3 is 2.81 bits per heavy atom. The van der Waals surface area contributed by atoms with Crippen LogP contribution >= 0.6 is 23.2 Å². The predicted octanol–water partition coefficient (Wildman–Crippen LogP) is 3.71. The van der Waals surface area contributed by atoms with Gasteiger partial charge < -0.3 is 4.42 Å². The van der Waals surface area contributed by atoms with E-state index in [-0.39, 0.29) is 6.42 Å². The standard InChI is InChI=1S/C11H6Cl2N2O/c12-9-2-1-7(5-10(9)13)11-15-8(3-4-14)6-16-11/h1-2,5-6H,3H2. The summed E-state index contributed by atoms with van der Waals surface area (Å²) in [6.07, 6.45) is 1.69. The summed E-state index contributed by atoms with van der Waals surface area (Å²) in [5.74, 6) is 0.434. The number of nitriles is 1. The molecule has 1 aromatic heterocycles. The van der Waals surface area contributed by atoms with Gasteiger partial charge >= 0.3 is 0 Å². The molecule has 0 N–H and O–H groups in total. The van der Waals surface area contributed by atoms with Crippen molar-refractivity contribution >= 4 is 23.2 Å². The van der Waals surface area contributed by atoms with Crippen LogP contribution in [0.5, 0.6) is 0 Å². The fraction of sp³-hybridized carbons (Fsp3) is 0.0909. The summed E-state index contributed by atoms with van der Waals surface area (Å²) in [6.45, 7) is 0. The van der Waals surface area contributed by atoms with Gasteiger partial charge in [0.15, 0.2) is 0 Å². The molecule has 0 saturated carbocycles. The van der Waals surface area contributed by atoms with Crippen molar-refractivity contribution in [2.24, 2.45) is 0 Å². The summed E-state index contributed by atoms with van der Waals surface area (Å²) >= 11 is 11.7. The van der Waals surface area contributed by atoms with Gasteiger partial charge in [-0.3, -0.25) is 0 Å². The van der Waals surface area contributed by atoms with Crippen molar-refractivity contribution in [2.75, 3.05) is 0 Å². The number of benzene rings is 1. The lowest BCUT2D eigenvalue weighted by Crippen LogP contribution is -1.82. The minimum atomic E-state index is 0.227. The van der Waals surface area contributed by atoms with E-state index in [1.165, 1.54) is 6.26 Å². The summed E-state index contributed by atoms with van der Waals surface area (Å²) in [7, 11) is 0. The minimum absolute atomic E-state index is 0.227. The van der Waals surface area contributed by atoms with Gasteiger partial charge in [-0.15, -0.1) is 0 Å². The van der Waals surface area contributed by atoms with Crippen molar-refractivity contribution in [1.29, 1.82) is 5.26 Å². The monoisotopic (exact) mass is 252 g/mol. The number of halogens is 2. The predicted molar refractivity (Wildman–Crippen MR) is 61.3 cm³/mol. The largest absolute Gasteiger partial charge is 0.444 e. The second-order valence-electron chi connectivity index (χ2n) is 3.11. The molecule has 5 heteroatoms. The van der Waals surface area contributed by atoms with E-state index in [0.717, 1.165) is 5.56 Å². The Labute approximate surface area is 102 Å². The van der Waals surface area contributed by atoms with Crippen LogP contribution in [0.3, 0.4) is 0 Å². The van der Waals surface area contributed by atoms with Gasteiger partial charge in [0.25, 0.3) is 0 Å². The SMILES string of the molecule is N#CCc1coc(-c2ccc(Cl)c(Cl)c2)n1. The van der Waals surface area contributed by atoms with E-state index in [1.54, 1.807) is 18.2 Å². The molecule has 0 amide bonds. The summed E-state index contributed by atoms with van der Waals surface area (Å²) < 4.78 is 5.23. The third-order valence-electron chi connectivity index (χ3n) is 1.98. The van der Waals surface area contributed by atoms with E-state index >= 15 is 0 Å². The van der Waals surface area contributed by atoms with Gasteiger partial charge in [0, 0.05) is 5.56 Å². The van der Waals surface area contributed by atoms with Crippen LogP contribution in [-0.4, -0.2) is 4.98 Å². The highest BCUT2D eigenvalue weighted by molar-refractivity contribution is 6.42. The number of rotatable bonds is 2. The number of nitrogens with zero attached hydrogens (tertiary/aromatic N) is 2. The molecule has 0 fully saturated rings. The van der Waals surface area contributed by atoms with Gasteiger partial charge in [-0.25, -0.2) is 4.98 Å². The maximum absolute atomic E-state index is 8.51. The number of hydrogen-bond acceptors (Lipinski definition) is 3. The molecule has 0 unspecified atom stereocenters. The molecular formula is C11H6Cl2N2O. The Bertz CT molecular complexity index is 557. The van der Waals surface area contributed by atoms with E-state index in [0.29, 0.717) is 21.6 Å². The third-order valence-corrected chi connectivity index (χ3v) is 2.72. The summed E-state index contributed by atoms with van der Waals surface area (Å²) in [5.41, 5.74) is 1.34. The Morgan fingerprint density at radius 1 is 1.31 bits per heavy atom. The maximum atomic E-state index is 8.51. The molecule has 0 aliphatic rings. The average Bonchev–Trinajstić information content (AvgIpc) is 2.71. The van der Waals surface area contributed by atoms with Crippen molar-refractivity contribution in [1.82, 2.24) is 4.98 Å². The molecular weight excluding hydrogens is 247 g/mol. The van der Waals surface area contributed by atoms with Crippen LogP contribution in [0.4, 0.5) is 0 Å². The normalized spacial score (nSPS) is 10.1. The van der Waals surface area contributed by atoms with Crippen molar-refractivity contribution < 1.29 is 4.42 Å². The smallest absolute Gasteiger partial charge is 0.226 e. The molecule has 0 spiro atoms. The number of hydrogen-bond donors (Lipinski definition) is 0. The van der Waals surface area contributed by atoms with E-state index in [1.807, 2.05) is 6.07 Å². The second kappa shape index (κ2) is 4.56. The molecule has 2 aromatic rings. The fourth-order valence-corrected chi connectivity index (χ4v) is 1.53. The number of aromatic nitrogens is 1. The molecule has 0 saturated heterocycles. The Hall–Kier alpha value is -1.50. The summed E-state index contributed by atoms with van der Waals surface area (Å²) in [5, 5.41) is 9.43. The van der Waals surface area contributed by atoms with Gasteiger partial charge in [0.1, 0.15) is 6.26 Å². The lowest BCUT2D eigenvalue weighted by Gasteiger charge is -1.97. The lowest BCUT2D eigenvalue weighted by atomic mass is 10.2. The van der Waals surface area contributed by atoms with Crippen LogP contribution in [0.1, 0.15) is 5.69 Å². The van der Waals surface area contributed by atoms with Crippen molar-refractivity contribution in [3.8, 4) is 17.5 Å². The van der Waals surface area contributed by atoms with E-state index in [9.17, 15) is 0 Å². The molecule has 0 radical (unpaired) electrons.